The Labute approximate surface area is 188 Å². The molecule has 3 N–H and O–H groups in total. The van der Waals surface area contributed by atoms with Gasteiger partial charge in [0.1, 0.15) is 12.0 Å². The van der Waals surface area contributed by atoms with E-state index in [4.69, 9.17) is 0 Å². The van der Waals surface area contributed by atoms with Crippen molar-refractivity contribution < 1.29 is 4.79 Å². The number of hydrogen-bond acceptors (Lipinski definition) is 7. The molecular weight excluding hydrogens is 402 g/mol. The molecule has 0 bridgehead atoms. The highest BCUT2D eigenvalue weighted by Crippen LogP contribution is 2.34. The van der Waals surface area contributed by atoms with Crippen LogP contribution in [0.1, 0.15) is 47.6 Å². The van der Waals surface area contributed by atoms with Gasteiger partial charge < -0.3 is 15.2 Å². The van der Waals surface area contributed by atoms with Gasteiger partial charge >= 0.3 is 0 Å². The Morgan fingerprint density at radius 2 is 2.00 bits per heavy atom. The lowest BCUT2D eigenvalue weighted by Gasteiger charge is -2.37. The number of hydrazine groups is 1. The fraction of sp³-hybridized carbons (Fsp3) is 0.375. The fourth-order valence-electron chi connectivity index (χ4n) is 4.53. The number of benzene rings is 1. The van der Waals surface area contributed by atoms with Crippen LogP contribution in [0.4, 0.5) is 0 Å². The average Bonchev–Trinajstić information content (AvgIpc) is 3.42. The summed E-state index contributed by atoms with van der Waals surface area (Å²) in [5, 5.41) is 9.71. The van der Waals surface area contributed by atoms with Gasteiger partial charge in [0, 0.05) is 44.2 Å². The molecule has 0 aliphatic carbocycles. The molecule has 3 atom stereocenters. The Morgan fingerprint density at radius 1 is 1.16 bits per heavy atom. The van der Waals surface area contributed by atoms with Gasteiger partial charge in [-0.1, -0.05) is 18.2 Å². The maximum absolute atomic E-state index is 12.3. The number of amides is 1. The van der Waals surface area contributed by atoms with E-state index in [0.717, 1.165) is 17.8 Å². The normalized spacial score (nSPS) is 23.4. The zero-order valence-corrected chi connectivity index (χ0v) is 18.5. The number of hydrazone groups is 1. The van der Waals surface area contributed by atoms with Gasteiger partial charge in [0.2, 0.25) is 5.91 Å². The molecule has 8 nitrogen and oxygen atoms in total. The summed E-state index contributed by atoms with van der Waals surface area (Å²) >= 11 is 0. The number of pyridine rings is 1. The zero-order valence-electron chi connectivity index (χ0n) is 18.5. The third-order valence-electron chi connectivity index (χ3n) is 6.56. The molecule has 3 aliphatic rings. The molecule has 4 heterocycles. The molecule has 0 radical (unpaired) electrons. The monoisotopic (exact) mass is 431 g/mol. The molecular formula is C24H29N7O. The van der Waals surface area contributed by atoms with Crippen molar-refractivity contribution in [1.29, 1.82) is 0 Å². The molecule has 8 heteroatoms. The molecule has 166 valence electrons. The van der Waals surface area contributed by atoms with Crippen molar-refractivity contribution in [3.8, 4) is 0 Å². The quantitative estimate of drug-likeness (QED) is 0.652. The fourth-order valence-corrected chi connectivity index (χ4v) is 4.53. The first-order valence-corrected chi connectivity index (χ1v) is 11.1. The Balaban J connectivity index is 1.16. The Kier molecular flexibility index (Phi) is 5.53. The number of amidine groups is 1. The van der Waals surface area contributed by atoms with E-state index < -0.39 is 0 Å². The highest BCUT2D eigenvalue weighted by Gasteiger charge is 2.44. The van der Waals surface area contributed by atoms with Gasteiger partial charge in [0.25, 0.3) is 0 Å². The first-order chi connectivity index (χ1) is 15.6. The maximum atomic E-state index is 12.3. The van der Waals surface area contributed by atoms with Crippen molar-refractivity contribution in [3.05, 3.63) is 77.4 Å². The Morgan fingerprint density at radius 3 is 2.81 bits per heavy atom. The molecule has 2 aromatic rings. The molecule has 0 spiro atoms. The molecule has 1 aromatic heterocycles. The standard InChI is InChI=1S/C24H29N7O/c1-16-3-4-19(13-17(16)2)20-14-21-24-28-27-22(30(24)11-12-31(21)29-20)5-6-23(32)26-15-18-7-9-25-10-8-18/h3-4,7-13,20-21,24,28-29H,5-6,14-15H2,1-2H3,(H,26,32). The number of aromatic nitrogens is 1. The number of carbonyl (C=O) groups excluding carboxylic acids is 1. The van der Waals surface area contributed by atoms with Crippen LogP contribution in [0.2, 0.25) is 0 Å². The average molecular weight is 432 g/mol. The number of hydrogen-bond donors (Lipinski definition) is 3. The van der Waals surface area contributed by atoms with Gasteiger partial charge in [-0.15, -0.1) is 0 Å². The minimum absolute atomic E-state index is 0.0212. The van der Waals surface area contributed by atoms with E-state index in [0.29, 0.717) is 19.4 Å². The van der Waals surface area contributed by atoms with Crippen LogP contribution in [0.25, 0.3) is 0 Å². The second-order valence-corrected chi connectivity index (χ2v) is 8.68. The van der Waals surface area contributed by atoms with Crippen LogP contribution in [0.15, 0.2) is 60.2 Å². The van der Waals surface area contributed by atoms with Gasteiger partial charge in [-0.05, 0) is 54.7 Å². The maximum Gasteiger partial charge on any atom is 0.220 e. The van der Waals surface area contributed by atoms with Crippen LogP contribution < -0.4 is 16.2 Å². The summed E-state index contributed by atoms with van der Waals surface area (Å²) in [4.78, 5) is 18.5. The van der Waals surface area contributed by atoms with E-state index in [1.807, 2.05) is 18.3 Å². The molecule has 32 heavy (non-hydrogen) atoms. The Hall–Kier alpha value is -3.39. The lowest BCUT2D eigenvalue weighted by Crippen LogP contribution is -2.54. The van der Waals surface area contributed by atoms with Crippen LogP contribution in [-0.4, -0.2) is 38.8 Å². The molecule has 1 amide bonds. The lowest BCUT2D eigenvalue weighted by molar-refractivity contribution is -0.121. The van der Waals surface area contributed by atoms with Crippen LogP contribution in [-0.2, 0) is 11.3 Å². The van der Waals surface area contributed by atoms with Crippen molar-refractivity contribution in [2.24, 2.45) is 5.10 Å². The van der Waals surface area contributed by atoms with Gasteiger partial charge in [-0.2, -0.15) is 5.10 Å². The highest BCUT2D eigenvalue weighted by atomic mass is 16.1. The van der Waals surface area contributed by atoms with Crippen LogP contribution in [0.5, 0.6) is 0 Å². The van der Waals surface area contributed by atoms with Crippen molar-refractivity contribution in [1.82, 2.24) is 31.1 Å². The van der Waals surface area contributed by atoms with Crippen molar-refractivity contribution in [2.45, 2.75) is 57.9 Å². The number of carbonyl (C=O) groups is 1. The molecule has 5 rings (SSSR count). The molecule has 0 saturated carbocycles. The van der Waals surface area contributed by atoms with E-state index in [1.165, 1.54) is 16.7 Å². The summed E-state index contributed by atoms with van der Waals surface area (Å²) in [5.74, 6) is 0.924. The van der Waals surface area contributed by atoms with E-state index in [2.05, 4.69) is 74.4 Å². The van der Waals surface area contributed by atoms with E-state index in [1.54, 1.807) is 12.4 Å². The molecule has 1 fully saturated rings. The summed E-state index contributed by atoms with van der Waals surface area (Å²) in [7, 11) is 0. The number of fused-ring (bicyclic) bond motifs is 3. The molecule has 1 aromatic carbocycles. The van der Waals surface area contributed by atoms with Gasteiger partial charge in [-0.25, -0.2) is 5.43 Å². The van der Waals surface area contributed by atoms with Gasteiger partial charge in [0.05, 0.1) is 12.1 Å². The largest absolute Gasteiger partial charge is 0.352 e. The van der Waals surface area contributed by atoms with Crippen LogP contribution >= 0.6 is 0 Å². The number of nitrogens with one attached hydrogen (secondary N) is 3. The number of nitrogens with zero attached hydrogens (tertiary/aromatic N) is 4. The minimum Gasteiger partial charge on any atom is -0.352 e. The highest BCUT2D eigenvalue weighted by molar-refractivity contribution is 5.89. The summed E-state index contributed by atoms with van der Waals surface area (Å²) in [6.45, 7) is 4.82. The third-order valence-corrected chi connectivity index (χ3v) is 6.56. The summed E-state index contributed by atoms with van der Waals surface area (Å²) in [6, 6.07) is 11.0. The summed E-state index contributed by atoms with van der Waals surface area (Å²) in [6.07, 6.45) is 9.63. The van der Waals surface area contributed by atoms with E-state index in [9.17, 15) is 4.79 Å². The van der Waals surface area contributed by atoms with E-state index in [-0.39, 0.29) is 24.2 Å². The van der Waals surface area contributed by atoms with Crippen molar-refractivity contribution in [3.63, 3.8) is 0 Å². The first-order valence-electron chi connectivity index (χ1n) is 11.1. The smallest absolute Gasteiger partial charge is 0.220 e. The number of rotatable bonds is 6. The van der Waals surface area contributed by atoms with E-state index >= 15 is 0 Å². The minimum atomic E-state index is 0.0212. The van der Waals surface area contributed by atoms with Crippen LogP contribution in [0.3, 0.4) is 0 Å². The number of aryl methyl sites for hydroxylation is 2. The molecule has 3 unspecified atom stereocenters. The van der Waals surface area contributed by atoms with Gasteiger partial charge in [0.15, 0.2) is 0 Å². The topological polar surface area (TPSA) is 84.9 Å². The third kappa shape index (κ3) is 4.05. The predicted octanol–water partition coefficient (Wildman–Crippen LogP) is 2.44. The molecule has 3 aliphatic heterocycles. The summed E-state index contributed by atoms with van der Waals surface area (Å²) in [5.41, 5.74) is 11.9. The second-order valence-electron chi connectivity index (χ2n) is 8.68. The SMILES string of the molecule is Cc1ccc(C2CC3C4NN=C(CCC(=O)NCc5ccncc5)N4C=CN3N2)cc1C. The predicted molar refractivity (Wildman–Crippen MR) is 123 cm³/mol. The zero-order chi connectivity index (χ0) is 22.1. The van der Waals surface area contributed by atoms with Crippen molar-refractivity contribution >= 4 is 11.7 Å². The summed E-state index contributed by atoms with van der Waals surface area (Å²) < 4.78 is 0. The van der Waals surface area contributed by atoms with Gasteiger partial charge in [-0.3, -0.25) is 15.2 Å². The first kappa shape index (κ1) is 20.5. The molecule has 1 saturated heterocycles. The van der Waals surface area contributed by atoms with Crippen LogP contribution in [0, 0.1) is 13.8 Å². The lowest BCUT2D eigenvalue weighted by atomic mass is 9.97. The second kappa shape index (κ2) is 8.63. The van der Waals surface area contributed by atoms with Crippen molar-refractivity contribution in [2.75, 3.05) is 0 Å². The Bertz CT molecular complexity index is 1050.